The van der Waals surface area contributed by atoms with Crippen LogP contribution in [0.5, 0.6) is 0 Å². The molecule has 23 heavy (non-hydrogen) atoms. The maximum atomic E-state index is 12.1. The Balaban J connectivity index is 1.71. The summed E-state index contributed by atoms with van der Waals surface area (Å²) in [6.45, 7) is 1.85. The molecule has 0 aliphatic carbocycles. The molecule has 0 atom stereocenters. The fourth-order valence-electron chi connectivity index (χ4n) is 2.13. The molecule has 0 saturated heterocycles. The van der Waals surface area contributed by atoms with Crippen molar-refractivity contribution in [1.29, 1.82) is 0 Å². The number of carbonyl (C=O) groups excluding carboxylic acids is 1. The van der Waals surface area contributed by atoms with Crippen molar-refractivity contribution in [3.05, 3.63) is 78.0 Å². The van der Waals surface area contributed by atoms with Gasteiger partial charge in [-0.1, -0.05) is 60.7 Å². The largest absolute Gasteiger partial charge is 0.289 e. The predicted octanol–water partition coefficient (Wildman–Crippen LogP) is 3.23. The molecule has 0 fully saturated rings. The zero-order valence-electron chi connectivity index (χ0n) is 12.7. The summed E-state index contributed by atoms with van der Waals surface area (Å²) in [6.07, 6.45) is 0. The number of nitrogens with one attached hydrogen (secondary N) is 2. The lowest BCUT2D eigenvalue weighted by molar-refractivity contribution is 0.0950. The van der Waals surface area contributed by atoms with Crippen LogP contribution in [-0.2, 0) is 0 Å². The van der Waals surface area contributed by atoms with Crippen LogP contribution in [0.15, 0.2) is 71.8 Å². The fourth-order valence-corrected chi connectivity index (χ4v) is 2.13. The average Bonchev–Trinajstić information content (AvgIpc) is 3.11. The molecule has 0 bridgehead atoms. The number of hydrazone groups is 1. The standard InChI is InChI=1S/C18H16N4O/c1-13(14-8-4-2-5-9-14)19-22-18(23)17-12-16(20-21-17)15-10-6-3-7-11-15/h2-12H,1H3,(H,20,21)(H,22,23)/b19-13+. The molecule has 0 aliphatic rings. The van der Waals surface area contributed by atoms with Crippen molar-refractivity contribution in [3.8, 4) is 11.3 Å². The van der Waals surface area contributed by atoms with Gasteiger partial charge in [0.2, 0.25) is 0 Å². The van der Waals surface area contributed by atoms with Gasteiger partial charge in [-0.3, -0.25) is 9.89 Å². The average molecular weight is 304 g/mol. The third-order valence-electron chi connectivity index (χ3n) is 3.41. The molecule has 1 amide bonds. The maximum absolute atomic E-state index is 12.1. The third kappa shape index (κ3) is 3.52. The summed E-state index contributed by atoms with van der Waals surface area (Å²) in [5, 5.41) is 11.0. The van der Waals surface area contributed by atoms with E-state index in [-0.39, 0.29) is 5.91 Å². The molecule has 3 aromatic rings. The molecule has 1 aromatic heterocycles. The molecule has 114 valence electrons. The van der Waals surface area contributed by atoms with E-state index in [0.717, 1.165) is 22.5 Å². The molecular formula is C18H16N4O. The first-order valence-corrected chi connectivity index (χ1v) is 7.25. The maximum Gasteiger partial charge on any atom is 0.289 e. The summed E-state index contributed by atoms with van der Waals surface area (Å²) in [5.41, 5.74) is 6.28. The minimum Gasteiger partial charge on any atom is -0.272 e. The molecule has 0 aliphatic heterocycles. The van der Waals surface area contributed by atoms with Crippen LogP contribution in [0.4, 0.5) is 0 Å². The molecule has 0 radical (unpaired) electrons. The van der Waals surface area contributed by atoms with Crippen LogP contribution in [0.2, 0.25) is 0 Å². The van der Waals surface area contributed by atoms with Gasteiger partial charge in [0.25, 0.3) is 5.91 Å². The van der Waals surface area contributed by atoms with Gasteiger partial charge in [-0.2, -0.15) is 10.2 Å². The van der Waals surface area contributed by atoms with Gasteiger partial charge in [-0.05, 0) is 18.6 Å². The third-order valence-corrected chi connectivity index (χ3v) is 3.41. The van der Waals surface area contributed by atoms with Crippen molar-refractivity contribution in [2.24, 2.45) is 5.10 Å². The summed E-state index contributed by atoms with van der Waals surface area (Å²) in [7, 11) is 0. The Morgan fingerprint density at radius 2 is 1.70 bits per heavy atom. The Morgan fingerprint density at radius 1 is 1.04 bits per heavy atom. The lowest BCUT2D eigenvalue weighted by Gasteiger charge is -2.01. The predicted molar refractivity (Wildman–Crippen MR) is 90.1 cm³/mol. The van der Waals surface area contributed by atoms with E-state index in [4.69, 9.17) is 0 Å². The lowest BCUT2D eigenvalue weighted by atomic mass is 10.1. The number of nitrogens with zero attached hydrogens (tertiary/aromatic N) is 2. The normalized spacial score (nSPS) is 11.3. The van der Waals surface area contributed by atoms with E-state index in [0.29, 0.717) is 5.69 Å². The van der Waals surface area contributed by atoms with Gasteiger partial charge >= 0.3 is 0 Å². The Morgan fingerprint density at radius 3 is 2.39 bits per heavy atom. The van der Waals surface area contributed by atoms with Gasteiger partial charge in [0.15, 0.2) is 0 Å². The van der Waals surface area contributed by atoms with Crippen molar-refractivity contribution >= 4 is 11.6 Å². The van der Waals surface area contributed by atoms with E-state index >= 15 is 0 Å². The second kappa shape index (κ2) is 6.70. The summed E-state index contributed by atoms with van der Waals surface area (Å²) >= 11 is 0. The zero-order valence-corrected chi connectivity index (χ0v) is 12.7. The highest BCUT2D eigenvalue weighted by Gasteiger charge is 2.10. The first-order chi connectivity index (χ1) is 11.2. The molecule has 1 heterocycles. The molecule has 5 nitrogen and oxygen atoms in total. The van der Waals surface area contributed by atoms with Crippen molar-refractivity contribution in [1.82, 2.24) is 15.6 Å². The topological polar surface area (TPSA) is 70.1 Å². The second-order valence-electron chi connectivity index (χ2n) is 5.04. The van der Waals surface area contributed by atoms with Crippen LogP contribution in [0.25, 0.3) is 11.3 Å². The zero-order chi connectivity index (χ0) is 16.1. The molecule has 0 unspecified atom stereocenters. The van der Waals surface area contributed by atoms with E-state index in [2.05, 4.69) is 20.7 Å². The summed E-state index contributed by atoms with van der Waals surface area (Å²) in [5.74, 6) is -0.324. The smallest absolute Gasteiger partial charge is 0.272 e. The van der Waals surface area contributed by atoms with Gasteiger partial charge in [0.1, 0.15) is 5.69 Å². The first kappa shape index (κ1) is 14.7. The van der Waals surface area contributed by atoms with Crippen LogP contribution in [-0.4, -0.2) is 21.8 Å². The number of hydrogen-bond acceptors (Lipinski definition) is 3. The molecule has 2 aromatic carbocycles. The van der Waals surface area contributed by atoms with Crippen molar-refractivity contribution < 1.29 is 4.79 Å². The molecule has 3 rings (SSSR count). The van der Waals surface area contributed by atoms with Crippen LogP contribution < -0.4 is 5.43 Å². The van der Waals surface area contributed by atoms with Gasteiger partial charge in [0.05, 0.1) is 11.4 Å². The number of aromatic amines is 1. The minimum atomic E-state index is -0.324. The number of benzene rings is 2. The number of amides is 1. The first-order valence-electron chi connectivity index (χ1n) is 7.25. The van der Waals surface area contributed by atoms with Crippen molar-refractivity contribution in [2.75, 3.05) is 0 Å². The van der Waals surface area contributed by atoms with Gasteiger partial charge < -0.3 is 0 Å². The molecular weight excluding hydrogens is 288 g/mol. The highest BCUT2D eigenvalue weighted by Crippen LogP contribution is 2.16. The molecule has 2 N–H and O–H groups in total. The highest BCUT2D eigenvalue weighted by atomic mass is 16.2. The van der Waals surface area contributed by atoms with Crippen molar-refractivity contribution in [3.63, 3.8) is 0 Å². The van der Waals surface area contributed by atoms with E-state index < -0.39 is 0 Å². The molecule has 5 heteroatoms. The summed E-state index contributed by atoms with van der Waals surface area (Å²) < 4.78 is 0. The van der Waals surface area contributed by atoms with E-state index in [9.17, 15) is 4.79 Å². The number of rotatable bonds is 4. The SMILES string of the molecule is C/C(=N\NC(=O)c1cc(-c2ccccc2)n[nH]1)c1ccccc1. The van der Waals surface area contributed by atoms with Crippen molar-refractivity contribution in [2.45, 2.75) is 6.92 Å². The fraction of sp³-hybridized carbons (Fsp3) is 0.0556. The minimum absolute atomic E-state index is 0.324. The van der Waals surface area contributed by atoms with E-state index in [1.54, 1.807) is 6.07 Å². The number of carbonyl (C=O) groups is 1. The number of aromatic nitrogens is 2. The van der Waals surface area contributed by atoms with Crippen LogP contribution in [0.3, 0.4) is 0 Å². The summed E-state index contributed by atoms with van der Waals surface area (Å²) in [4.78, 5) is 12.1. The molecule has 0 spiro atoms. The van der Waals surface area contributed by atoms with E-state index in [1.165, 1.54) is 0 Å². The highest BCUT2D eigenvalue weighted by molar-refractivity contribution is 6.00. The van der Waals surface area contributed by atoms with Gasteiger partial charge in [-0.15, -0.1) is 0 Å². The van der Waals surface area contributed by atoms with Gasteiger partial charge in [0, 0.05) is 5.56 Å². The second-order valence-corrected chi connectivity index (χ2v) is 5.04. The Hall–Kier alpha value is -3.21. The Labute approximate surface area is 134 Å². The van der Waals surface area contributed by atoms with E-state index in [1.807, 2.05) is 67.6 Å². The van der Waals surface area contributed by atoms with Crippen LogP contribution >= 0.6 is 0 Å². The van der Waals surface area contributed by atoms with Crippen LogP contribution in [0.1, 0.15) is 23.0 Å². The van der Waals surface area contributed by atoms with Crippen LogP contribution in [0, 0.1) is 0 Å². The van der Waals surface area contributed by atoms with Gasteiger partial charge in [-0.25, -0.2) is 5.43 Å². The number of hydrogen-bond donors (Lipinski definition) is 2. The Kier molecular flexibility index (Phi) is 4.29. The Bertz CT molecular complexity index is 822. The monoisotopic (exact) mass is 304 g/mol. The molecule has 0 saturated carbocycles. The lowest BCUT2D eigenvalue weighted by Crippen LogP contribution is -2.19. The number of H-pyrrole nitrogens is 1. The summed E-state index contributed by atoms with van der Waals surface area (Å²) in [6, 6.07) is 21.0. The quantitative estimate of drug-likeness (QED) is 0.574.